The fourth-order valence-corrected chi connectivity index (χ4v) is 4.52. The number of nitrogen functional groups attached to an aromatic ring is 1. The van der Waals surface area contributed by atoms with E-state index in [9.17, 15) is 4.39 Å². The zero-order valence-corrected chi connectivity index (χ0v) is 16.1. The van der Waals surface area contributed by atoms with Crippen molar-refractivity contribution < 1.29 is 13.6 Å². The summed E-state index contributed by atoms with van der Waals surface area (Å²) in [6.45, 7) is 0.398. The molecule has 0 bridgehead atoms. The molecule has 0 amide bonds. The number of rotatable bonds is 3. The first kappa shape index (κ1) is 18.0. The highest BCUT2D eigenvalue weighted by molar-refractivity contribution is 7.22. The van der Waals surface area contributed by atoms with Gasteiger partial charge in [0.1, 0.15) is 5.69 Å². The fraction of sp³-hybridized carbons (Fsp3) is 0.136. The molecular formula is C22H17F2N3OS. The van der Waals surface area contributed by atoms with Crippen LogP contribution in [0.15, 0.2) is 60.7 Å². The molecule has 1 fully saturated rings. The zero-order valence-electron chi connectivity index (χ0n) is 15.3. The third kappa shape index (κ3) is 3.12. The van der Waals surface area contributed by atoms with Gasteiger partial charge in [0.2, 0.25) is 0 Å². The SMILES string of the molecule is Nc1nc2ccc(-c3ccc(F)c(N4OCC[C@H]4c4ccccc4)c3F)cc2s1. The molecule has 146 valence electrons. The van der Waals surface area contributed by atoms with Crippen molar-refractivity contribution in [3.8, 4) is 11.1 Å². The van der Waals surface area contributed by atoms with Crippen LogP contribution in [0.3, 0.4) is 0 Å². The van der Waals surface area contributed by atoms with E-state index in [1.807, 2.05) is 36.4 Å². The molecule has 1 atom stereocenters. The third-order valence-corrected chi connectivity index (χ3v) is 5.94. The topological polar surface area (TPSA) is 51.4 Å². The van der Waals surface area contributed by atoms with Crippen LogP contribution in [-0.2, 0) is 4.84 Å². The van der Waals surface area contributed by atoms with Gasteiger partial charge in [-0.05, 0) is 35.4 Å². The van der Waals surface area contributed by atoms with Crippen molar-refractivity contribution in [2.45, 2.75) is 12.5 Å². The first-order valence-corrected chi connectivity index (χ1v) is 10.0. The van der Waals surface area contributed by atoms with Crippen molar-refractivity contribution in [3.63, 3.8) is 0 Å². The molecule has 2 N–H and O–H groups in total. The monoisotopic (exact) mass is 409 g/mol. The van der Waals surface area contributed by atoms with Crippen LogP contribution in [0.1, 0.15) is 18.0 Å². The van der Waals surface area contributed by atoms with E-state index in [0.717, 1.165) is 15.8 Å². The second-order valence-electron chi connectivity index (χ2n) is 6.87. The summed E-state index contributed by atoms with van der Waals surface area (Å²) < 4.78 is 31.2. The molecule has 2 heterocycles. The fourth-order valence-electron chi connectivity index (χ4n) is 3.74. The molecule has 0 radical (unpaired) electrons. The molecule has 0 unspecified atom stereocenters. The van der Waals surface area contributed by atoms with Crippen LogP contribution in [0.4, 0.5) is 19.6 Å². The van der Waals surface area contributed by atoms with Crippen LogP contribution >= 0.6 is 11.3 Å². The molecule has 1 saturated heterocycles. The third-order valence-electron chi connectivity index (χ3n) is 5.09. The molecule has 0 saturated carbocycles. The maximum Gasteiger partial charge on any atom is 0.181 e. The second-order valence-corrected chi connectivity index (χ2v) is 7.93. The van der Waals surface area contributed by atoms with Gasteiger partial charge in [-0.25, -0.2) is 18.8 Å². The van der Waals surface area contributed by atoms with E-state index >= 15 is 4.39 Å². The van der Waals surface area contributed by atoms with Gasteiger partial charge in [0.15, 0.2) is 16.8 Å². The van der Waals surface area contributed by atoms with E-state index in [-0.39, 0.29) is 11.7 Å². The quantitative estimate of drug-likeness (QED) is 0.471. The Morgan fingerprint density at radius 1 is 1.07 bits per heavy atom. The lowest BCUT2D eigenvalue weighted by atomic mass is 10.0. The lowest BCUT2D eigenvalue weighted by molar-refractivity contribution is 0.154. The maximum absolute atomic E-state index is 15.6. The van der Waals surface area contributed by atoms with Gasteiger partial charge in [0.05, 0.1) is 22.9 Å². The van der Waals surface area contributed by atoms with Crippen molar-refractivity contribution in [1.29, 1.82) is 0 Å². The highest BCUT2D eigenvalue weighted by Gasteiger charge is 2.33. The predicted octanol–water partition coefficient (Wildman–Crippen LogP) is 5.71. The highest BCUT2D eigenvalue weighted by Crippen LogP contribution is 2.41. The van der Waals surface area contributed by atoms with Gasteiger partial charge in [-0.2, -0.15) is 0 Å². The van der Waals surface area contributed by atoms with Crippen molar-refractivity contribution >= 4 is 32.4 Å². The number of fused-ring (bicyclic) bond motifs is 1. The first-order chi connectivity index (χ1) is 14.1. The molecule has 7 heteroatoms. The summed E-state index contributed by atoms with van der Waals surface area (Å²) in [5.41, 5.74) is 8.25. The highest BCUT2D eigenvalue weighted by atomic mass is 32.1. The summed E-state index contributed by atoms with van der Waals surface area (Å²) in [7, 11) is 0. The van der Waals surface area contributed by atoms with E-state index < -0.39 is 11.6 Å². The number of anilines is 2. The Labute approximate surface area is 170 Å². The zero-order chi connectivity index (χ0) is 20.0. The summed E-state index contributed by atoms with van der Waals surface area (Å²) >= 11 is 1.33. The van der Waals surface area contributed by atoms with E-state index in [4.69, 9.17) is 10.6 Å². The number of aromatic nitrogens is 1. The Kier molecular flexibility index (Phi) is 4.41. The van der Waals surface area contributed by atoms with Crippen LogP contribution in [0.5, 0.6) is 0 Å². The summed E-state index contributed by atoms with van der Waals surface area (Å²) in [6, 6.07) is 17.5. The summed E-state index contributed by atoms with van der Waals surface area (Å²) in [6.07, 6.45) is 0.652. The standard InChI is InChI=1S/C22H17F2N3OS/c23-16-8-7-15(14-6-9-17-19(12-14)29-22(25)26-17)20(24)21(16)27-18(10-11-28-27)13-4-2-1-3-5-13/h1-9,12,18H,10-11H2,(H2,25,26)/t18-/m0/s1. The summed E-state index contributed by atoms with van der Waals surface area (Å²) in [5.74, 6) is -1.30. The number of halogens is 2. The van der Waals surface area contributed by atoms with Gasteiger partial charge in [-0.15, -0.1) is 0 Å². The number of hydrogen-bond acceptors (Lipinski definition) is 5. The second kappa shape index (κ2) is 7.09. The number of thiazole rings is 1. The van der Waals surface area contributed by atoms with Crippen LogP contribution in [0, 0.1) is 11.6 Å². The van der Waals surface area contributed by atoms with Gasteiger partial charge >= 0.3 is 0 Å². The number of benzene rings is 3. The minimum absolute atomic E-state index is 0.169. The average Bonchev–Trinajstić information content (AvgIpc) is 3.34. The van der Waals surface area contributed by atoms with E-state index in [0.29, 0.717) is 29.3 Å². The normalized spacial score (nSPS) is 16.6. The van der Waals surface area contributed by atoms with Crippen molar-refractivity contribution in [2.24, 2.45) is 0 Å². The average molecular weight is 409 g/mol. The molecule has 1 aliphatic rings. The smallest absolute Gasteiger partial charge is 0.181 e. The van der Waals surface area contributed by atoms with Crippen LogP contribution in [0.2, 0.25) is 0 Å². The van der Waals surface area contributed by atoms with Crippen molar-refractivity contribution in [1.82, 2.24) is 4.98 Å². The van der Waals surface area contributed by atoms with Crippen LogP contribution < -0.4 is 10.8 Å². The number of hydroxylamine groups is 1. The van der Waals surface area contributed by atoms with E-state index in [2.05, 4.69) is 4.98 Å². The molecular weight excluding hydrogens is 392 g/mol. The first-order valence-electron chi connectivity index (χ1n) is 9.23. The van der Waals surface area contributed by atoms with E-state index in [1.165, 1.54) is 28.5 Å². The van der Waals surface area contributed by atoms with Gasteiger partial charge < -0.3 is 5.73 Å². The predicted molar refractivity (Wildman–Crippen MR) is 112 cm³/mol. The molecule has 0 aliphatic carbocycles. The van der Waals surface area contributed by atoms with Gasteiger partial charge in [0, 0.05) is 12.0 Å². The number of nitrogens with zero attached hydrogens (tertiary/aromatic N) is 2. The Morgan fingerprint density at radius 3 is 2.72 bits per heavy atom. The Hall–Kier alpha value is -3.03. The molecule has 4 aromatic rings. The van der Waals surface area contributed by atoms with Crippen LogP contribution in [0.25, 0.3) is 21.3 Å². The minimum atomic E-state index is -0.655. The largest absolute Gasteiger partial charge is 0.375 e. The lowest BCUT2D eigenvalue weighted by Gasteiger charge is -2.26. The molecule has 1 aromatic heterocycles. The van der Waals surface area contributed by atoms with Crippen molar-refractivity contribution in [3.05, 3.63) is 77.9 Å². The van der Waals surface area contributed by atoms with Crippen LogP contribution in [-0.4, -0.2) is 11.6 Å². The minimum Gasteiger partial charge on any atom is -0.375 e. The Bertz CT molecular complexity index is 1200. The molecule has 3 aromatic carbocycles. The van der Waals surface area contributed by atoms with Gasteiger partial charge in [-0.3, -0.25) is 4.84 Å². The maximum atomic E-state index is 15.6. The molecule has 4 nitrogen and oxygen atoms in total. The summed E-state index contributed by atoms with van der Waals surface area (Å²) in [5, 5.41) is 1.82. The number of hydrogen-bond donors (Lipinski definition) is 1. The Balaban J connectivity index is 1.60. The lowest BCUT2D eigenvalue weighted by Crippen LogP contribution is -2.23. The van der Waals surface area contributed by atoms with E-state index in [1.54, 1.807) is 12.1 Å². The molecule has 5 rings (SSSR count). The molecule has 0 spiro atoms. The Morgan fingerprint density at radius 2 is 1.90 bits per heavy atom. The van der Waals surface area contributed by atoms with Crippen molar-refractivity contribution in [2.75, 3.05) is 17.4 Å². The van der Waals surface area contributed by atoms with Gasteiger partial charge in [-0.1, -0.05) is 47.7 Å². The number of nitrogens with two attached hydrogens (primary N) is 1. The molecule has 1 aliphatic heterocycles. The molecule has 29 heavy (non-hydrogen) atoms. The summed E-state index contributed by atoms with van der Waals surface area (Å²) in [4.78, 5) is 9.88. The van der Waals surface area contributed by atoms with Gasteiger partial charge in [0.25, 0.3) is 0 Å².